The smallest absolute Gasteiger partial charge is 0.0492 e. The molecule has 0 amide bonds. The topological polar surface area (TPSA) is 28.2 Å². The van der Waals surface area contributed by atoms with Gasteiger partial charge in [0.05, 0.1) is 0 Å². The van der Waals surface area contributed by atoms with Crippen molar-refractivity contribution in [1.29, 1.82) is 0 Å². The van der Waals surface area contributed by atoms with E-state index >= 15 is 0 Å². The van der Waals surface area contributed by atoms with E-state index in [-0.39, 0.29) is 12.4 Å². The van der Waals surface area contributed by atoms with E-state index in [0.717, 1.165) is 26.2 Å². The standard InChI is InChI=1S/C20H21N3S.ClH/c1-2-5-16(6-3-1)20-9-8-18(24-20)15-23-12-11-22-14-19(23)17-7-4-10-21-13-17;/h1-10,13,19,22H,11-12,14-15H2;1H. The van der Waals surface area contributed by atoms with E-state index in [9.17, 15) is 0 Å². The van der Waals surface area contributed by atoms with Gasteiger partial charge in [0.25, 0.3) is 0 Å². The molecule has 5 heteroatoms. The molecule has 0 bridgehead atoms. The Bertz CT molecular complexity index is 776. The van der Waals surface area contributed by atoms with Crippen LogP contribution >= 0.6 is 23.7 Å². The second-order valence-electron chi connectivity index (χ2n) is 6.11. The highest BCUT2D eigenvalue weighted by molar-refractivity contribution is 7.15. The lowest BCUT2D eigenvalue weighted by atomic mass is 10.1. The summed E-state index contributed by atoms with van der Waals surface area (Å²) < 4.78 is 0. The molecule has 1 unspecified atom stereocenters. The molecule has 0 aliphatic carbocycles. The number of thiophene rings is 1. The van der Waals surface area contributed by atoms with Crippen LogP contribution in [0.3, 0.4) is 0 Å². The Hall–Kier alpha value is -1.72. The Balaban J connectivity index is 0.00000182. The van der Waals surface area contributed by atoms with Crippen LogP contribution in [0.4, 0.5) is 0 Å². The van der Waals surface area contributed by atoms with Crippen molar-refractivity contribution in [1.82, 2.24) is 15.2 Å². The Kier molecular flexibility index (Phi) is 6.21. The zero-order valence-corrected chi connectivity index (χ0v) is 15.6. The number of rotatable bonds is 4. The highest BCUT2D eigenvalue weighted by atomic mass is 35.5. The van der Waals surface area contributed by atoms with E-state index in [1.54, 1.807) is 0 Å². The summed E-state index contributed by atoms with van der Waals surface area (Å²) in [7, 11) is 0. The normalized spacial score (nSPS) is 17.8. The summed E-state index contributed by atoms with van der Waals surface area (Å²) in [6.07, 6.45) is 3.84. The number of halogens is 1. The molecule has 3 aromatic rings. The van der Waals surface area contributed by atoms with Crippen LogP contribution in [0.2, 0.25) is 0 Å². The number of aromatic nitrogens is 1. The van der Waals surface area contributed by atoms with Crippen LogP contribution in [0.15, 0.2) is 67.0 Å². The fraction of sp³-hybridized carbons (Fsp3) is 0.250. The lowest BCUT2D eigenvalue weighted by Crippen LogP contribution is -2.45. The third-order valence-corrected chi connectivity index (χ3v) is 5.62. The molecule has 1 aliphatic heterocycles. The lowest BCUT2D eigenvalue weighted by Gasteiger charge is -2.36. The molecule has 1 saturated heterocycles. The number of benzene rings is 1. The fourth-order valence-corrected chi connectivity index (χ4v) is 4.30. The van der Waals surface area contributed by atoms with Crippen LogP contribution in [0, 0.1) is 0 Å². The first kappa shape index (κ1) is 18.1. The molecule has 0 saturated carbocycles. The molecular formula is C20H22ClN3S. The largest absolute Gasteiger partial charge is 0.314 e. The predicted molar refractivity (Wildman–Crippen MR) is 107 cm³/mol. The van der Waals surface area contributed by atoms with Gasteiger partial charge in [-0.2, -0.15) is 0 Å². The van der Waals surface area contributed by atoms with E-state index in [1.165, 1.54) is 20.9 Å². The molecule has 25 heavy (non-hydrogen) atoms. The minimum absolute atomic E-state index is 0. The van der Waals surface area contributed by atoms with Crippen LogP contribution in [0.25, 0.3) is 10.4 Å². The van der Waals surface area contributed by atoms with Gasteiger partial charge in [-0.1, -0.05) is 36.4 Å². The van der Waals surface area contributed by atoms with Crippen LogP contribution in [-0.4, -0.2) is 29.5 Å². The monoisotopic (exact) mass is 371 g/mol. The average Bonchev–Trinajstić information content (AvgIpc) is 3.12. The van der Waals surface area contributed by atoms with Crippen molar-refractivity contribution in [2.45, 2.75) is 12.6 Å². The fourth-order valence-electron chi connectivity index (χ4n) is 3.26. The Morgan fingerprint density at radius 3 is 2.76 bits per heavy atom. The Morgan fingerprint density at radius 2 is 1.96 bits per heavy atom. The van der Waals surface area contributed by atoms with E-state index < -0.39 is 0 Å². The first-order chi connectivity index (χ1) is 11.9. The predicted octanol–water partition coefficient (Wildman–Crippen LogP) is 4.38. The van der Waals surface area contributed by atoms with Gasteiger partial charge in [-0.05, 0) is 29.3 Å². The van der Waals surface area contributed by atoms with Crippen molar-refractivity contribution in [3.05, 3.63) is 77.4 Å². The molecule has 3 nitrogen and oxygen atoms in total. The number of hydrogen-bond acceptors (Lipinski definition) is 4. The maximum Gasteiger partial charge on any atom is 0.0492 e. The lowest BCUT2D eigenvalue weighted by molar-refractivity contribution is 0.155. The van der Waals surface area contributed by atoms with Crippen LogP contribution in [0.5, 0.6) is 0 Å². The SMILES string of the molecule is Cl.c1ccc(-c2ccc(CN3CCNCC3c3cccnc3)s2)cc1. The molecule has 1 atom stereocenters. The van der Waals surface area contributed by atoms with Crippen molar-refractivity contribution in [2.24, 2.45) is 0 Å². The summed E-state index contributed by atoms with van der Waals surface area (Å²) >= 11 is 1.90. The maximum atomic E-state index is 4.29. The van der Waals surface area contributed by atoms with E-state index in [0.29, 0.717) is 6.04 Å². The van der Waals surface area contributed by atoms with Gasteiger partial charge in [-0.3, -0.25) is 9.88 Å². The highest BCUT2D eigenvalue weighted by Crippen LogP contribution is 2.31. The first-order valence-electron chi connectivity index (χ1n) is 8.39. The van der Waals surface area contributed by atoms with E-state index in [4.69, 9.17) is 0 Å². The molecule has 4 rings (SSSR count). The summed E-state index contributed by atoms with van der Waals surface area (Å²) in [5.41, 5.74) is 2.60. The third-order valence-electron chi connectivity index (χ3n) is 4.50. The summed E-state index contributed by atoms with van der Waals surface area (Å²) in [4.78, 5) is 9.62. The quantitative estimate of drug-likeness (QED) is 0.737. The average molecular weight is 372 g/mol. The highest BCUT2D eigenvalue weighted by Gasteiger charge is 2.24. The number of hydrogen-bond donors (Lipinski definition) is 1. The van der Waals surface area contributed by atoms with Gasteiger partial charge >= 0.3 is 0 Å². The maximum absolute atomic E-state index is 4.29. The molecule has 1 N–H and O–H groups in total. The molecule has 1 aromatic carbocycles. The number of nitrogens with zero attached hydrogens (tertiary/aromatic N) is 2. The molecule has 130 valence electrons. The Morgan fingerprint density at radius 1 is 1.08 bits per heavy atom. The zero-order chi connectivity index (χ0) is 16.2. The van der Waals surface area contributed by atoms with E-state index in [1.807, 2.05) is 29.8 Å². The third kappa shape index (κ3) is 4.28. The second kappa shape index (κ2) is 8.59. The van der Waals surface area contributed by atoms with Gasteiger partial charge < -0.3 is 5.32 Å². The molecule has 3 heterocycles. The number of pyridine rings is 1. The molecule has 0 spiro atoms. The number of nitrogens with one attached hydrogen (secondary N) is 1. The molecule has 2 aromatic heterocycles. The summed E-state index contributed by atoms with van der Waals surface area (Å²) in [5.74, 6) is 0. The van der Waals surface area contributed by atoms with Gasteiger partial charge in [-0.15, -0.1) is 23.7 Å². The van der Waals surface area contributed by atoms with Gasteiger partial charge in [-0.25, -0.2) is 0 Å². The van der Waals surface area contributed by atoms with Gasteiger partial charge in [0.15, 0.2) is 0 Å². The van der Waals surface area contributed by atoms with Crippen LogP contribution in [-0.2, 0) is 6.54 Å². The minimum Gasteiger partial charge on any atom is -0.314 e. The van der Waals surface area contributed by atoms with E-state index in [2.05, 4.69) is 63.7 Å². The van der Waals surface area contributed by atoms with Gasteiger partial charge in [0, 0.05) is 54.4 Å². The Labute approximate surface area is 159 Å². The molecule has 1 aliphatic rings. The first-order valence-corrected chi connectivity index (χ1v) is 9.20. The molecule has 1 fully saturated rings. The van der Waals surface area contributed by atoms with Crippen molar-refractivity contribution in [3.63, 3.8) is 0 Å². The summed E-state index contributed by atoms with van der Waals surface area (Å²) in [5, 5.41) is 3.51. The second-order valence-corrected chi connectivity index (χ2v) is 7.28. The summed E-state index contributed by atoms with van der Waals surface area (Å²) in [6.45, 7) is 4.10. The van der Waals surface area contributed by atoms with Gasteiger partial charge in [0.1, 0.15) is 0 Å². The van der Waals surface area contributed by atoms with Gasteiger partial charge in [0.2, 0.25) is 0 Å². The summed E-state index contributed by atoms with van der Waals surface area (Å²) in [6, 6.07) is 19.8. The molecular weight excluding hydrogens is 350 g/mol. The number of piperazine rings is 1. The minimum atomic E-state index is 0. The van der Waals surface area contributed by atoms with Crippen LogP contribution in [0.1, 0.15) is 16.5 Å². The van der Waals surface area contributed by atoms with Crippen molar-refractivity contribution in [3.8, 4) is 10.4 Å². The van der Waals surface area contributed by atoms with Crippen molar-refractivity contribution in [2.75, 3.05) is 19.6 Å². The molecule has 0 radical (unpaired) electrons. The zero-order valence-electron chi connectivity index (χ0n) is 14.0. The van der Waals surface area contributed by atoms with Crippen molar-refractivity contribution >= 4 is 23.7 Å². The van der Waals surface area contributed by atoms with Crippen molar-refractivity contribution < 1.29 is 0 Å². The van der Waals surface area contributed by atoms with Crippen LogP contribution < -0.4 is 5.32 Å².